The first kappa shape index (κ1) is 14.0. The fourth-order valence-corrected chi connectivity index (χ4v) is 2.41. The van der Waals surface area contributed by atoms with E-state index >= 15 is 0 Å². The standard InChI is InChI=1S/C13H22N4O2/c1-9-15-11(14-4)5-12(16-9)17-6-10(7-18)19-13(2,3)8-17/h5,10,18H,6-8H2,1-4H3,(H,14,15,16). The maximum Gasteiger partial charge on any atom is 0.134 e. The van der Waals surface area contributed by atoms with Gasteiger partial charge in [-0.25, -0.2) is 9.97 Å². The van der Waals surface area contributed by atoms with Crippen LogP contribution in [0.2, 0.25) is 0 Å². The number of morpholine rings is 1. The van der Waals surface area contributed by atoms with Crippen molar-refractivity contribution in [1.29, 1.82) is 0 Å². The Balaban J connectivity index is 2.27. The zero-order chi connectivity index (χ0) is 14.0. The summed E-state index contributed by atoms with van der Waals surface area (Å²) in [6, 6.07) is 1.92. The highest BCUT2D eigenvalue weighted by molar-refractivity contribution is 5.49. The lowest BCUT2D eigenvalue weighted by Gasteiger charge is -2.42. The summed E-state index contributed by atoms with van der Waals surface area (Å²) < 4.78 is 5.81. The van der Waals surface area contributed by atoms with Crippen molar-refractivity contribution < 1.29 is 9.84 Å². The number of aliphatic hydroxyl groups excluding tert-OH is 1. The van der Waals surface area contributed by atoms with Gasteiger partial charge in [-0.3, -0.25) is 0 Å². The largest absolute Gasteiger partial charge is 0.394 e. The number of anilines is 2. The Labute approximate surface area is 113 Å². The van der Waals surface area contributed by atoms with Gasteiger partial charge in [-0.1, -0.05) is 0 Å². The fraction of sp³-hybridized carbons (Fsp3) is 0.692. The smallest absolute Gasteiger partial charge is 0.134 e. The lowest BCUT2D eigenvalue weighted by molar-refractivity contribution is -0.101. The third-order valence-electron chi connectivity index (χ3n) is 3.09. The lowest BCUT2D eigenvalue weighted by Crippen LogP contribution is -2.54. The highest BCUT2D eigenvalue weighted by Gasteiger charge is 2.33. The molecule has 2 rings (SSSR count). The van der Waals surface area contributed by atoms with E-state index in [2.05, 4.69) is 20.2 Å². The van der Waals surface area contributed by atoms with Crippen molar-refractivity contribution in [2.24, 2.45) is 0 Å². The highest BCUT2D eigenvalue weighted by atomic mass is 16.5. The van der Waals surface area contributed by atoms with Crippen LogP contribution in [0.1, 0.15) is 19.7 Å². The van der Waals surface area contributed by atoms with E-state index < -0.39 is 0 Å². The molecular weight excluding hydrogens is 244 g/mol. The zero-order valence-corrected chi connectivity index (χ0v) is 12.0. The fourth-order valence-electron chi connectivity index (χ4n) is 2.41. The number of aryl methyl sites for hydroxylation is 1. The molecule has 1 aliphatic heterocycles. The molecule has 0 spiro atoms. The van der Waals surface area contributed by atoms with Crippen LogP contribution >= 0.6 is 0 Å². The summed E-state index contributed by atoms with van der Waals surface area (Å²) in [5, 5.41) is 12.4. The van der Waals surface area contributed by atoms with Crippen LogP contribution in [0.4, 0.5) is 11.6 Å². The molecule has 1 atom stereocenters. The molecule has 0 radical (unpaired) electrons. The number of aliphatic hydroxyl groups is 1. The molecule has 1 aliphatic rings. The third-order valence-corrected chi connectivity index (χ3v) is 3.09. The minimum atomic E-state index is -0.301. The van der Waals surface area contributed by atoms with Gasteiger partial charge in [0, 0.05) is 26.2 Å². The van der Waals surface area contributed by atoms with Gasteiger partial charge in [0.05, 0.1) is 18.3 Å². The van der Waals surface area contributed by atoms with Crippen LogP contribution in [0.5, 0.6) is 0 Å². The van der Waals surface area contributed by atoms with E-state index in [1.807, 2.05) is 33.9 Å². The van der Waals surface area contributed by atoms with Gasteiger partial charge in [0.1, 0.15) is 17.5 Å². The molecule has 1 unspecified atom stereocenters. The number of nitrogens with one attached hydrogen (secondary N) is 1. The molecule has 0 aromatic carbocycles. The number of aromatic nitrogens is 2. The van der Waals surface area contributed by atoms with E-state index in [1.165, 1.54) is 0 Å². The summed E-state index contributed by atoms with van der Waals surface area (Å²) >= 11 is 0. The van der Waals surface area contributed by atoms with Crippen LogP contribution < -0.4 is 10.2 Å². The summed E-state index contributed by atoms with van der Waals surface area (Å²) in [6.07, 6.45) is -0.183. The molecule has 106 valence electrons. The molecule has 6 nitrogen and oxygen atoms in total. The predicted molar refractivity (Wildman–Crippen MR) is 74.6 cm³/mol. The second kappa shape index (κ2) is 5.30. The highest BCUT2D eigenvalue weighted by Crippen LogP contribution is 2.25. The van der Waals surface area contributed by atoms with Gasteiger partial charge < -0.3 is 20.1 Å². The van der Waals surface area contributed by atoms with Crippen molar-refractivity contribution >= 4 is 11.6 Å². The summed E-state index contributed by atoms with van der Waals surface area (Å²) in [6.45, 7) is 7.31. The molecule has 0 bridgehead atoms. The van der Waals surface area contributed by atoms with Crippen LogP contribution in [0.3, 0.4) is 0 Å². The van der Waals surface area contributed by atoms with Gasteiger partial charge >= 0.3 is 0 Å². The Morgan fingerprint density at radius 3 is 2.89 bits per heavy atom. The molecule has 2 heterocycles. The van der Waals surface area contributed by atoms with E-state index in [4.69, 9.17) is 4.74 Å². The van der Waals surface area contributed by atoms with Gasteiger partial charge in [-0.15, -0.1) is 0 Å². The topological polar surface area (TPSA) is 70.5 Å². The maximum atomic E-state index is 9.35. The molecule has 6 heteroatoms. The molecule has 2 N–H and O–H groups in total. The van der Waals surface area contributed by atoms with Crippen molar-refractivity contribution in [1.82, 2.24) is 9.97 Å². The van der Waals surface area contributed by atoms with Gasteiger partial charge in [-0.05, 0) is 20.8 Å². The predicted octanol–water partition coefficient (Wildman–Crippen LogP) is 0.803. The molecule has 1 aromatic heterocycles. The van der Waals surface area contributed by atoms with Gasteiger partial charge in [0.25, 0.3) is 0 Å². The first-order chi connectivity index (χ1) is 8.93. The maximum absolute atomic E-state index is 9.35. The van der Waals surface area contributed by atoms with Gasteiger partial charge in [0.15, 0.2) is 0 Å². The summed E-state index contributed by atoms with van der Waals surface area (Å²) in [7, 11) is 1.84. The summed E-state index contributed by atoms with van der Waals surface area (Å²) in [5.41, 5.74) is -0.301. The van der Waals surface area contributed by atoms with E-state index in [9.17, 15) is 5.11 Å². The average Bonchev–Trinajstić information content (AvgIpc) is 2.36. The Bertz CT molecular complexity index is 450. The Hall–Kier alpha value is -1.40. The van der Waals surface area contributed by atoms with Gasteiger partial charge in [-0.2, -0.15) is 0 Å². The first-order valence-electron chi connectivity index (χ1n) is 6.50. The van der Waals surface area contributed by atoms with Crippen LogP contribution in [0.15, 0.2) is 6.07 Å². The molecule has 1 aromatic rings. The summed E-state index contributed by atoms with van der Waals surface area (Å²) in [4.78, 5) is 10.9. The number of hydrogen-bond acceptors (Lipinski definition) is 6. The van der Waals surface area contributed by atoms with Crippen LogP contribution in [0, 0.1) is 6.92 Å². The molecular formula is C13H22N4O2. The third kappa shape index (κ3) is 3.33. The average molecular weight is 266 g/mol. The normalized spacial score (nSPS) is 22.4. The number of nitrogens with zero attached hydrogens (tertiary/aromatic N) is 3. The van der Waals surface area contributed by atoms with Crippen molar-refractivity contribution in [3.05, 3.63) is 11.9 Å². The van der Waals surface area contributed by atoms with E-state index in [1.54, 1.807) is 0 Å². The zero-order valence-electron chi connectivity index (χ0n) is 12.0. The SMILES string of the molecule is CNc1cc(N2CC(CO)OC(C)(C)C2)nc(C)n1. The van der Waals surface area contributed by atoms with Crippen LogP contribution in [-0.2, 0) is 4.74 Å². The van der Waals surface area contributed by atoms with Crippen LogP contribution in [-0.4, -0.2) is 53.5 Å². The van der Waals surface area contributed by atoms with E-state index in [-0.39, 0.29) is 18.3 Å². The molecule has 0 amide bonds. The quantitative estimate of drug-likeness (QED) is 0.843. The Morgan fingerprint density at radius 1 is 1.53 bits per heavy atom. The molecule has 1 saturated heterocycles. The van der Waals surface area contributed by atoms with Crippen molar-refractivity contribution in [2.45, 2.75) is 32.5 Å². The van der Waals surface area contributed by atoms with Crippen molar-refractivity contribution in [3.63, 3.8) is 0 Å². The van der Waals surface area contributed by atoms with E-state index in [0.717, 1.165) is 24.0 Å². The lowest BCUT2D eigenvalue weighted by atomic mass is 10.1. The Kier molecular flexibility index (Phi) is 3.91. The first-order valence-corrected chi connectivity index (χ1v) is 6.50. The van der Waals surface area contributed by atoms with Gasteiger partial charge in [0.2, 0.25) is 0 Å². The Morgan fingerprint density at radius 2 is 2.26 bits per heavy atom. The second-order valence-electron chi connectivity index (χ2n) is 5.47. The minimum Gasteiger partial charge on any atom is -0.394 e. The monoisotopic (exact) mass is 266 g/mol. The second-order valence-corrected chi connectivity index (χ2v) is 5.47. The number of ether oxygens (including phenoxy) is 1. The molecule has 0 aliphatic carbocycles. The molecule has 1 fully saturated rings. The van der Waals surface area contributed by atoms with Crippen molar-refractivity contribution in [3.8, 4) is 0 Å². The minimum absolute atomic E-state index is 0.0167. The van der Waals surface area contributed by atoms with E-state index in [0.29, 0.717) is 6.54 Å². The van der Waals surface area contributed by atoms with Crippen molar-refractivity contribution in [2.75, 3.05) is 37.0 Å². The number of hydrogen-bond donors (Lipinski definition) is 2. The molecule has 0 saturated carbocycles. The van der Waals surface area contributed by atoms with Crippen LogP contribution in [0.25, 0.3) is 0 Å². The number of rotatable bonds is 3. The summed E-state index contributed by atoms with van der Waals surface area (Å²) in [5.74, 6) is 2.39. The molecule has 19 heavy (non-hydrogen) atoms.